The van der Waals surface area contributed by atoms with Crippen molar-refractivity contribution in [3.8, 4) is 5.75 Å². The molecule has 1 N–H and O–H groups in total. The molecule has 0 aliphatic carbocycles. The van der Waals surface area contributed by atoms with Crippen molar-refractivity contribution >= 4 is 0 Å². The van der Waals surface area contributed by atoms with Crippen LogP contribution < -0.4 is 4.74 Å². The van der Waals surface area contributed by atoms with Crippen molar-refractivity contribution in [1.29, 1.82) is 0 Å². The van der Waals surface area contributed by atoms with Gasteiger partial charge in [0.05, 0.1) is 18.3 Å². The fraction of sp³-hybridized carbons (Fsp3) is 0.600. The predicted octanol–water partition coefficient (Wildman–Crippen LogP) is 2.72. The Kier molecular flexibility index (Phi) is 3.93. The maximum atomic E-state index is 10.8. The Morgan fingerprint density at radius 1 is 1.44 bits per heavy atom. The van der Waals surface area contributed by atoms with Crippen molar-refractivity contribution in [1.82, 2.24) is 0 Å². The van der Waals surface area contributed by atoms with Gasteiger partial charge in [-0.05, 0) is 31.5 Å². The molecule has 1 heterocycles. The maximum Gasteiger partial charge on any atom is 0.120 e. The van der Waals surface area contributed by atoms with Crippen LogP contribution in [-0.4, -0.2) is 24.4 Å². The molecule has 0 aromatic heterocycles. The van der Waals surface area contributed by atoms with Crippen LogP contribution in [0.25, 0.3) is 0 Å². The highest BCUT2D eigenvalue weighted by molar-refractivity contribution is 5.33. The van der Waals surface area contributed by atoms with E-state index in [4.69, 9.17) is 9.47 Å². The lowest BCUT2D eigenvalue weighted by molar-refractivity contribution is -0.111. The summed E-state index contributed by atoms with van der Waals surface area (Å²) in [7, 11) is 0. The third kappa shape index (κ3) is 2.68. The molecule has 2 rings (SSSR count). The first kappa shape index (κ1) is 13.4. The summed E-state index contributed by atoms with van der Waals surface area (Å²) in [5.74, 6) is 0.912. The molecule has 0 radical (unpaired) electrons. The van der Waals surface area contributed by atoms with Crippen LogP contribution >= 0.6 is 0 Å². The van der Waals surface area contributed by atoms with Gasteiger partial charge in [-0.3, -0.25) is 0 Å². The average Bonchev–Trinajstić information content (AvgIpc) is 2.32. The lowest BCUT2D eigenvalue weighted by Crippen LogP contribution is -2.41. The molecule has 0 amide bonds. The first-order valence-corrected chi connectivity index (χ1v) is 6.59. The molecule has 2 unspecified atom stereocenters. The van der Waals surface area contributed by atoms with E-state index in [9.17, 15) is 5.11 Å². The van der Waals surface area contributed by atoms with Crippen LogP contribution in [0.5, 0.6) is 5.75 Å². The highest BCUT2D eigenvalue weighted by Gasteiger charge is 2.38. The molecule has 1 aromatic rings. The SMILES string of the molecule is CC(C)Oc1cccc(C2(O)CCOCC2C)c1. The topological polar surface area (TPSA) is 38.7 Å². The molecule has 0 saturated carbocycles. The van der Waals surface area contributed by atoms with E-state index in [0.717, 1.165) is 11.3 Å². The Balaban J connectivity index is 2.26. The Hall–Kier alpha value is -1.06. The van der Waals surface area contributed by atoms with E-state index >= 15 is 0 Å². The molecule has 3 heteroatoms. The van der Waals surface area contributed by atoms with Gasteiger partial charge in [0.25, 0.3) is 0 Å². The second kappa shape index (κ2) is 5.29. The number of aliphatic hydroxyl groups is 1. The summed E-state index contributed by atoms with van der Waals surface area (Å²) in [6, 6.07) is 7.78. The molecule has 3 nitrogen and oxygen atoms in total. The standard InChI is InChI=1S/C15H22O3/c1-11(2)18-14-6-4-5-13(9-14)15(16)7-8-17-10-12(15)3/h4-6,9,11-12,16H,7-8,10H2,1-3H3. The molecule has 1 fully saturated rings. The molecular weight excluding hydrogens is 228 g/mol. The number of ether oxygens (including phenoxy) is 2. The number of benzene rings is 1. The predicted molar refractivity (Wildman–Crippen MR) is 70.7 cm³/mol. The average molecular weight is 250 g/mol. The molecule has 18 heavy (non-hydrogen) atoms. The second-order valence-corrected chi connectivity index (χ2v) is 5.34. The molecule has 1 saturated heterocycles. The highest BCUT2D eigenvalue weighted by atomic mass is 16.5. The van der Waals surface area contributed by atoms with E-state index in [1.165, 1.54) is 0 Å². The normalized spacial score (nSPS) is 28.4. The maximum absolute atomic E-state index is 10.8. The quantitative estimate of drug-likeness (QED) is 0.896. The van der Waals surface area contributed by atoms with Crippen LogP contribution in [0.15, 0.2) is 24.3 Å². The third-order valence-electron chi connectivity index (χ3n) is 3.52. The summed E-state index contributed by atoms with van der Waals surface area (Å²) in [4.78, 5) is 0. The third-order valence-corrected chi connectivity index (χ3v) is 3.52. The molecule has 1 aromatic carbocycles. The Labute approximate surface area is 109 Å². The summed E-state index contributed by atoms with van der Waals surface area (Å²) in [5.41, 5.74) is 0.130. The van der Waals surface area contributed by atoms with Crippen molar-refractivity contribution < 1.29 is 14.6 Å². The van der Waals surface area contributed by atoms with Gasteiger partial charge in [-0.1, -0.05) is 19.1 Å². The number of hydrogen-bond donors (Lipinski definition) is 1. The molecule has 2 atom stereocenters. The van der Waals surface area contributed by atoms with Crippen molar-refractivity contribution in [2.45, 2.75) is 38.9 Å². The summed E-state index contributed by atoms with van der Waals surface area (Å²) < 4.78 is 11.1. The van der Waals surface area contributed by atoms with Crippen LogP contribution in [-0.2, 0) is 10.3 Å². The number of rotatable bonds is 3. The van der Waals surface area contributed by atoms with Gasteiger partial charge in [0.1, 0.15) is 5.75 Å². The molecule has 100 valence electrons. The van der Waals surface area contributed by atoms with E-state index in [0.29, 0.717) is 19.6 Å². The Bertz CT molecular complexity index is 402. The monoisotopic (exact) mass is 250 g/mol. The summed E-state index contributed by atoms with van der Waals surface area (Å²) >= 11 is 0. The Morgan fingerprint density at radius 3 is 2.89 bits per heavy atom. The van der Waals surface area contributed by atoms with Crippen LogP contribution in [0, 0.1) is 5.92 Å². The van der Waals surface area contributed by atoms with Crippen molar-refractivity contribution in [3.05, 3.63) is 29.8 Å². The van der Waals surface area contributed by atoms with Gasteiger partial charge in [0.15, 0.2) is 0 Å². The number of hydrogen-bond acceptors (Lipinski definition) is 3. The van der Waals surface area contributed by atoms with Crippen LogP contribution in [0.2, 0.25) is 0 Å². The van der Waals surface area contributed by atoms with Gasteiger partial charge in [0.2, 0.25) is 0 Å². The first-order chi connectivity index (χ1) is 8.52. The van der Waals surface area contributed by atoms with Gasteiger partial charge in [-0.25, -0.2) is 0 Å². The minimum absolute atomic E-state index is 0.0977. The molecule has 1 aliphatic heterocycles. The summed E-state index contributed by atoms with van der Waals surface area (Å²) in [6.45, 7) is 7.23. The van der Waals surface area contributed by atoms with E-state index in [-0.39, 0.29) is 12.0 Å². The van der Waals surface area contributed by atoms with Crippen LogP contribution in [0.4, 0.5) is 0 Å². The van der Waals surface area contributed by atoms with Crippen molar-refractivity contribution in [2.24, 2.45) is 5.92 Å². The van der Waals surface area contributed by atoms with Gasteiger partial charge in [-0.2, -0.15) is 0 Å². The Morgan fingerprint density at radius 2 is 2.22 bits per heavy atom. The van der Waals surface area contributed by atoms with Gasteiger partial charge < -0.3 is 14.6 Å². The molecular formula is C15H22O3. The second-order valence-electron chi connectivity index (χ2n) is 5.34. The van der Waals surface area contributed by atoms with Crippen molar-refractivity contribution in [3.63, 3.8) is 0 Å². The molecule has 1 aliphatic rings. The minimum Gasteiger partial charge on any atom is -0.491 e. The van der Waals surface area contributed by atoms with Crippen molar-refractivity contribution in [2.75, 3.05) is 13.2 Å². The molecule has 0 spiro atoms. The van der Waals surface area contributed by atoms with Crippen LogP contribution in [0.1, 0.15) is 32.8 Å². The van der Waals surface area contributed by atoms with E-state index in [2.05, 4.69) is 0 Å². The lowest BCUT2D eigenvalue weighted by atomic mass is 9.79. The van der Waals surface area contributed by atoms with E-state index < -0.39 is 5.60 Å². The smallest absolute Gasteiger partial charge is 0.120 e. The van der Waals surface area contributed by atoms with Crippen LogP contribution in [0.3, 0.4) is 0 Å². The summed E-state index contributed by atoms with van der Waals surface area (Å²) in [5, 5.41) is 10.8. The summed E-state index contributed by atoms with van der Waals surface area (Å²) in [6.07, 6.45) is 0.779. The van der Waals surface area contributed by atoms with E-state index in [1.807, 2.05) is 45.0 Å². The van der Waals surface area contributed by atoms with Gasteiger partial charge in [0, 0.05) is 18.9 Å². The zero-order chi connectivity index (χ0) is 13.2. The minimum atomic E-state index is -0.797. The fourth-order valence-corrected chi connectivity index (χ4v) is 2.41. The van der Waals surface area contributed by atoms with Gasteiger partial charge >= 0.3 is 0 Å². The van der Waals surface area contributed by atoms with E-state index in [1.54, 1.807) is 0 Å². The van der Waals surface area contributed by atoms with Gasteiger partial charge in [-0.15, -0.1) is 0 Å². The highest BCUT2D eigenvalue weighted by Crippen LogP contribution is 2.37. The zero-order valence-electron chi connectivity index (χ0n) is 11.3. The largest absolute Gasteiger partial charge is 0.491 e. The molecule has 0 bridgehead atoms. The fourth-order valence-electron chi connectivity index (χ4n) is 2.41. The first-order valence-electron chi connectivity index (χ1n) is 6.59. The lowest BCUT2D eigenvalue weighted by Gasteiger charge is -2.38. The zero-order valence-corrected chi connectivity index (χ0v) is 11.3.